The van der Waals surface area contributed by atoms with Crippen LogP contribution in [0.1, 0.15) is 60.3 Å². The minimum Gasteiger partial charge on any atom is -0.316 e. The SMILES string of the molecule is CC(C)CNCCCC(C)N1CCCC(C)C1C. The third kappa shape index (κ3) is 5.27. The lowest BCUT2D eigenvalue weighted by atomic mass is 9.90. The molecule has 108 valence electrons. The maximum absolute atomic E-state index is 3.54. The largest absolute Gasteiger partial charge is 0.316 e. The average Bonchev–Trinajstić information content (AvgIpc) is 2.31. The van der Waals surface area contributed by atoms with Gasteiger partial charge in [0.2, 0.25) is 0 Å². The first-order chi connectivity index (χ1) is 8.52. The summed E-state index contributed by atoms with van der Waals surface area (Å²) in [6, 6.07) is 1.53. The average molecular weight is 254 g/mol. The van der Waals surface area contributed by atoms with Gasteiger partial charge in [-0.2, -0.15) is 0 Å². The number of nitrogens with one attached hydrogen (secondary N) is 1. The third-order valence-corrected chi connectivity index (χ3v) is 4.52. The topological polar surface area (TPSA) is 15.3 Å². The van der Waals surface area contributed by atoms with Gasteiger partial charge in [0, 0.05) is 12.1 Å². The second-order valence-electron chi connectivity index (χ2n) is 6.69. The molecule has 1 aliphatic heterocycles. The summed E-state index contributed by atoms with van der Waals surface area (Å²) in [5.74, 6) is 1.64. The fourth-order valence-corrected chi connectivity index (χ4v) is 3.07. The first-order valence-electron chi connectivity index (χ1n) is 7.98. The van der Waals surface area contributed by atoms with Crippen LogP contribution < -0.4 is 5.32 Å². The Kier molecular flexibility index (Phi) is 7.25. The van der Waals surface area contributed by atoms with Crippen molar-refractivity contribution in [1.29, 1.82) is 0 Å². The molecule has 1 fully saturated rings. The Hall–Kier alpha value is -0.0800. The molecule has 0 amide bonds. The lowest BCUT2D eigenvalue weighted by Gasteiger charge is -2.41. The van der Waals surface area contributed by atoms with E-state index in [4.69, 9.17) is 0 Å². The number of hydrogen-bond acceptors (Lipinski definition) is 2. The van der Waals surface area contributed by atoms with Crippen molar-refractivity contribution in [1.82, 2.24) is 10.2 Å². The molecule has 3 unspecified atom stereocenters. The zero-order valence-corrected chi connectivity index (χ0v) is 13.2. The molecule has 1 N–H and O–H groups in total. The van der Waals surface area contributed by atoms with Crippen LogP contribution in [0.3, 0.4) is 0 Å². The summed E-state index contributed by atoms with van der Waals surface area (Å²) in [7, 11) is 0. The monoisotopic (exact) mass is 254 g/mol. The summed E-state index contributed by atoms with van der Waals surface area (Å²) in [4.78, 5) is 2.73. The third-order valence-electron chi connectivity index (χ3n) is 4.52. The van der Waals surface area contributed by atoms with Gasteiger partial charge < -0.3 is 5.32 Å². The van der Waals surface area contributed by atoms with Gasteiger partial charge in [0.05, 0.1) is 0 Å². The molecule has 0 spiro atoms. The molecular formula is C16H34N2. The van der Waals surface area contributed by atoms with Crippen molar-refractivity contribution < 1.29 is 0 Å². The molecule has 0 aliphatic carbocycles. The Morgan fingerprint density at radius 3 is 2.61 bits per heavy atom. The minimum atomic E-state index is 0.753. The first kappa shape index (κ1) is 16.0. The summed E-state index contributed by atoms with van der Waals surface area (Å²) >= 11 is 0. The molecule has 3 atom stereocenters. The van der Waals surface area contributed by atoms with Crippen molar-refractivity contribution in [2.45, 2.75) is 72.4 Å². The molecule has 0 bridgehead atoms. The van der Waals surface area contributed by atoms with Crippen LogP contribution in [0.2, 0.25) is 0 Å². The van der Waals surface area contributed by atoms with Crippen molar-refractivity contribution in [2.24, 2.45) is 11.8 Å². The highest BCUT2D eigenvalue weighted by Crippen LogP contribution is 2.25. The fraction of sp³-hybridized carbons (Fsp3) is 1.00. The van der Waals surface area contributed by atoms with Gasteiger partial charge in [-0.05, 0) is 71.0 Å². The van der Waals surface area contributed by atoms with Gasteiger partial charge in [0.1, 0.15) is 0 Å². The van der Waals surface area contributed by atoms with Gasteiger partial charge in [-0.15, -0.1) is 0 Å². The second-order valence-corrected chi connectivity index (χ2v) is 6.69. The molecule has 1 saturated heterocycles. The normalized spacial score (nSPS) is 27.7. The molecule has 2 nitrogen and oxygen atoms in total. The quantitative estimate of drug-likeness (QED) is 0.699. The van der Waals surface area contributed by atoms with Gasteiger partial charge in [-0.25, -0.2) is 0 Å². The van der Waals surface area contributed by atoms with Crippen molar-refractivity contribution in [3.8, 4) is 0 Å². The van der Waals surface area contributed by atoms with Crippen molar-refractivity contribution >= 4 is 0 Å². The van der Waals surface area contributed by atoms with Gasteiger partial charge in [0.15, 0.2) is 0 Å². The Morgan fingerprint density at radius 1 is 1.22 bits per heavy atom. The molecular weight excluding hydrogens is 220 g/mol. The maximum atomic E-state index is 3.54. The number of piperidine rings is 1. The van der Waals surface area contributed by atoms with E-state index in [1.54, 1.807) is 0 Å². The van der Waals surface area contributed by atoms with Crippen molar-refractivity contribution in [3.05, 3.63) is 0 Å². The van der Waals surface area contributed by atoms with E-state index in [0.29, 0.717) is 0 Å². The molecule has 2 heteroatoms. The molecule has 0 radical (unpaired) electrons. The highest BCUT2D eigenvalue weighted by Gasteiger charge is 2.27. The van der Waals surface area contributed by atoms with Gasteiger partial charge in [-0.1, -0.05) is 20.8 Å². The lowest BCUT2D eigenvalue weighted by Crippen LogP contribution is -2.47. The first-order valence-corrected chi connectivity index (χ1v) is 7.98. The number of rotatable bonds is 7. The number of likely N-dealkylation sites (tertiary alicyclic amines) is 1. The molecule has 0 aromatic carbocycles. The summed E-state index contributed by atoms with van der Waals surface area (Å²) in [6.07, 6.45) is 5.45. The fourth-order valence-electron chi connectivity index (χ4n) is 3.07. The van der Waals surface area contributed by atoms with Crippen LogP contribution in [-0.4, -0.2) is 36.6 Å². The van der Waals surface area contributed by atoms with E-state index in [1.165, 1.54) is 38.8 Å². The maximum Gasteiger partial charge on any atom is 0.00953 e. The second kappa shape index (κ2) is 8.16. The van der Waals surface area contributed by atoms with E-state index in [2.05, 4.69) is 44.8 Å². The van der Waals surface area contributed by atoms with Crippen LogP contribution in [0.5, 0.6) is 0 Å². The van der Waals surface area contributed by atoms with E-state index in [9.17, 15) is 0 Å². The molecule has 0 saturated carbocycles. The van der Waals surface area contributed by atoms with Crippen LogP contribution in [0.15, 0.2) is 0 Å². The zero-order valence-electron chi connectivity index (χ0n) is 13.2. The van der Waals surface area contributed by atoms with E-state index in [1.807, 2.05) is 0 Å². The van der Waals surface area contributed by atoms with E-state index < -0.39 is 0 Å². The van der Waals surface area contributed by atoms with Crippen LogP contribution in [0.4, 0.5) is 0 Å². The Labute approximate surface area is 115 Å². The molecule has 1 rings (SSSR count). The highest BCUT2D eigenvalue weighted by molar-refractivity contribution is 4.82. The summed E-state index contributed by atoms with van der Waals surface area (Å²) in [5, 5.41) is 3.54. The molecule has 0 aromatic heterocycles. The van der Waals surface area contributed by atoms with Gasteiger partial charge >= 0.3 is 0 Å². The highest BCUT2D eigenvalue weighted by atomic mass is 15.2. The molecule has 0 aromatic rings. The Bertz CT molecular complexity index is 215. The van der Waals surface area contributed by atoms with Crippen molar-refractivity contribution in [2.75, 3.05) is 19.6 Å². The summed E-state index contributed by atoms with van der Waals surface area (Å²) < 4.78 is 0. The lowest BCUT2D eigenvalue weighted by molar-refractivity contribution is 0.0709. The van der Waals surface area contributed by atoms with E-state index >= 15 is 0 Å². The Balaban J connectivity index is 2.17. The van der Waals surface area contributed by atoms with Crippen LogP contribution in [0, 0.1) is 11.8 Å². The number of nitrogens with zero attached hydrogens (tertiary/aromatic N) is 1. The smallest absolute Gasteiger partial charge is 0.00953 e. The van der Waals surface area contributed by atoms with E-state index in [0.717, 1.165) is 30.5 Å². The van der Waals surface area contributed by atoms with Crippen LogP contribution in [-0.2, 0) is 0 Å². The predicted molar refractivity (Wildman–Crippen MR) is 81.0 cm³/mol. The standard InChI is InChI=1S/C16H34N2/c1-13(2)12-17-10-6-9-15(4)18-11-7-8-14(3)16(18)5/h13-17H,6-12H2,1-5H3. The summed E-state index contributed by atoms with van der Waals surface area (Å²) in [6.45, 7) is 15.4. The Morgan fingerprint density at radius 2 is 1.94 bits per heavy atom. The van der Waals surface area contributed by atoms with Crippen LogP contribution in [0.25, 0.3) is 0 Å². The summed E-state index contributed by atoms with van der Waals surface area (Å²) in [5.41, 5.74) is 0. The van der Waals surface area contributed by atoms with Crippen LogP contribution >= 0.6 is 0 Å². The molecule has 1 heterocycles. The van der Waals surface area contributed by atoms with Crippen molar-refractivity contribution in [3.63, 3.8) is 0 Å². The minimum absolute atomic E-state index is 0.753. The molecule has 18 heavy (non-hydrogen) atoms. The molecule has 1 aliphatic rings. The van der Waals surface area contributed by atoms with E-state index in [-0.39, 0.29) is 0 Å². The van der Waals surface area contributed by atoms with Gasteiger partial charge in [0.25, 0.3) is 0 Å². The van der Waals surface area contributed by atoms with Gasteiger partial charge in [-0.3, -0.25) is 4.90 Å². The number of hydrogen-bond donors (Lipinski definition) is 1. The predicted octanol–water partition coefficient (Wildman–Crippen LogP) is 3.52. The zero-order chi connectivity index (χ0) is 13.5.